The molecule has 18 heavy (non-hydrogen) atoms. The van der Waals surface area contributed by atoms with E-state index >= 15 is 0 Å². The van der Waals surface area contributed by atoms with Crippen molar-refractivity contribution in [3.8, 4) is 0 Å². The molecule has 0 aliphatic rings. The van der Waals surface area contributed by atoms with Gasteiger partial charge in [0.15, 0.2) is 0 Å². The van der Waals surface area contributed by atoms with Gasteiger partial charge in [-0.05, 0) is 25.5 Å². The quantitative estimate of drug-likeness (QED) is 0.717. The van der Waals surface area contributed by atoms with Crippen LogP contribution in [0.5, 0.6) is 0 Å². The Labute approximate surface area is 110 Å². The molecule has 1 unspecified atom stereocenters. The van der Waals surface area contributed by atoms with Crippen LogP contribution in [-0.4, -0.2) is 19.1 Å². The minimum Gasteiger partial charge on any atom is -0.466 e. The van der Waals surface area contributed by atoms with Gasteiger partial charge in [0.05, 0.1) is 12.5 Å². The molecule has 0 heterocycles. The van der Waals surface area contributed by atoms with Crippen molar-refractivity contribution in [2.75, 3.05) is 18.5 Å². The van der Waals surface area contributed by atoms with E-state index in [0.29, 0.717) is 13.2 Å². The van der Waals surface area contributed by atoms with Gasteiger partial charge in [0.1, 0.15) is 0 Å². The van der Waals surface area contributed by atoms with Crippen molar-refractivity contribution in [3.63, 3.8) is 0 Å². The number of esters is 1. The van der Waals surface area contributed by atoms with Gasteiger partial charge >= 0.3 is 5.97 Å². The summed E-state index contributed by atoms with van der Waals surface area (Å²) in [6.07, 6.45) is 3.04. The molecular formula is C15H23NO2. The van der Waals surface area contributed by atoms with E-state index in [9.17, 15) is 4.79 Å². The number of anilines is 1. The standard InChI is InChI=1S/C15H23NO2/c1-3-5-9-13(15(17)18-4-2)12-16-14-10-7-6-8-11-14/h6-8,10-11,13,16H,3-5,9,12H2,1-2H3. The van der Waals surface area contributed by atoms with E-state index in [1.165, 1.54) is 0 Å². The predicted octanol–water partition coefficient (Wildman–Crippen LogP) is 3.47. The van der Waals surface area contributed by atoms with E-state index in [-0.39, 0.29) is 11.9 Å². The third-order valence-corrected chi connectivity index (χ3v) is 2.85. The summed E-state index contributed by atoms with van der Waals surface area (Å²) in [7, 11) is 0. The molecule has 0 aliphatic heterocycles. The number of hydrogen-bond acceptors (Lipinski definition) is 3. The Kier molecular flexibility index (Phi) is 6.92. The summed E-state index contributed by atoms with van der Waals surface area (Å²) in [5.41, 5.74) is 1.04. The van der Waals surface area contributed by atoms with Crippen LogP contribution in [0.15, 0.2) is 30.3 Å². The van der Waals surface area contributed by atoms with Crippen LogP contribution in [0.4, 0.5) is 5.69 Å². The SMILES string of the molecule is CCCCC(CNc1ccccc1)C(=O)OCC. The van der Waals surface area contributed by atoms with Gasteiger partial charge in [0, 0.05) is 12.2 Å². The van der Waals surface area contributed by atoms with Gasteiger partial charge in [-0.1, -0.05) is 38.0 Å². The first-order chi connectivity index (χ1) is 8.77. The first-order valence-corrected chi connectivity index (χ1v) is 6.73. The lowest BCUT2D eigenvalue weighted by molar-refractivity contribution is -0.147. The molecule has 0 spiro atoms. The van der Waals surface area contributed by atoms with E-state index in [1.54, 1.807) is 0 Å². The average molecular weight is 249 g/mol. The number of carbonyl (C=O) groups excluding carboxylic acids is 1. The van der Waals surface area contributed by atoms with Gasteiger partial charge in [-0.15, -0.1) is 0 Å². The summed E-state index contributed by atoms with van der Waals surface area (Å²) in [6.45, 7) is 5.07. The molecule has 0 radical (unpaired) electrons. The largest absolute Gasteiger partial charge is 0.466 e. The molecule has 1 atom stereocenters. The molecule has 0 saturated heterocycles. The minimum atomic E-state index is -0.0885. The number of hydrogen-bond donors (Lipinski definition) is 1. The topological polar surface area (TPSA) is 38.3 Å². The van der Waals surface area contributed by atoms with E-state index in [2.05, 4.69) is 12.2 Å². The van der Waals surface area contributed by atoms with Crippen LogP contribution in [0.1, 0.15) is 33.1 Å². The molecule has 0 bridgehead atoms. The number of para-hydroxylation sites is 1. The molecule has 1 aromatic rings. The van der Waals surface area contributed by atoms with Crippen LogP contribution in [0.3, 0.4) is 0 Å². The van der Waals surface area contributed by atoms with E-state index in [0.717, 1.165) is 24.9 Å². The molecule has 1 aromatic carbocycles. The van der Waals surface area contributed by atoms with Crippen LogP contribution in [0, 0.1) is 5.92 Å². The number of nitrogens with one attached hydrogen (secondary N) is 1. The predicted molar refractivity (Wildman–Crippen MR) is 74.6 cm³/mol. The molecule has 0 aliphatic carbocycles. The lowest BCUT2D eigenvalue weighted by Crippen LogP contribution is -2.25. The summed E-state index contributed by atoms with van der Waals surface area (Å²) < 4.78 is 5.11. The maximum atomic E-state index is 11.8. The van der Waals surface area contributed by atoms with Crippen LogP contribution in [0.25, 0.3) is 0 Å². The fraction of sp³-hybridized carbons (Fsp3) is 0.533. The highest BCUT2D eigenvalue weighted by Gasteiger charge is 2.18. The van der Waals surface area contributed by atoms with Gasteiger partial charge in [-0.2, -0.15) is 0 Å². The van der Waals surface area contributed by atoms with Gasteiger partial charge in [0.25, 0.3) is 0 Å². The molecule has 3 heteroatoms. The molecule has 1 N–H and O–H groups in total. The number of rotatable bonds is 8. The van der Waals surface area contributed by atoms with Crippen molar-refractivity contribution in [1.82, 2.24) is 0 Å². The van der Waals surface area contributed by atoms with Crippen molar-refractivity contribution in [1.29, 1.82) is 0 Å². The van der Waals surface area contributed by atoms with Crippen LogP contribution in [0.2, 0.25) is 0 Å². The van der Waals surface area contributed by atoms with E-state index in [4.69, 9.17) is 4.74 Å². The Hall–Kier alpha value is -1.51. The van der Waals surface area contributed by atoms with Gasteiger partial charge < -0.3 is 10.1 Å². The smallest absolute Gasteiger partial charge is 0.310 e. The third-order valence-electron chi connectivity index (χ3n) is 2.85. The highest BCUT2D eigenvalue weighted by atomic mass is 16.5. The lowest BCUT2D eigenvalue weighted by atomic mass is 10.0. The molecular weight excluding hydrogens is 226 g/mol. The Morgan fingerprint density at radius 3 is 2.61 bits per heavy atom. The van der Waals surface area contributed by atoms with Gasteiger partial charge in [0.2, 0.25) is 0 Å². The van der Waals surface area contributed by atoms with Crippen molar-refractivity contribution in [3.05, 3.63) is 30.3 Å². The first kappa shape index (κ1) is 14.6. The molecule has 0 saturated carbocycles. The summed E-state index contributed by atoms with van der Waals surface area (Å²) in [6, 6.07) is 9.94. The summed E-state index contributed by atoms with van der Waals surface area (Å²) in [5.74, 6) is -0.139. The monoisotopic (exact) mass is 249 g/mol. The second kappa shape index (κ2) is 8.56. The number of unbranched alkanes of at least 4 members (excludes halogenated alkanes) is 1. The van der Waals surface area contributed by atoms with Gasteiger partial charge in [-0.3, -0.25) is 4.79 Å². The molecule has 1 rings (SSSR count). The summed E-state index contributed by atoms with van der Waals surface area (Å²) >= 11 is 0. The average Bonchev–Trinajstić information content (AvgIpc) is 2.40. The summed E-state index contributed by atoms with van der Waals surface area (Å²) in [4.78, 5) is 11.8. The second-order valence-electron chi connectivity index (χ2n) is 4.34. The Morgan fingerprint density at radius 2 is 2.00 bits per heavy atom. The zero-order valence-corrected chi connectivity index (χ0v) is 11.3. The van der Waals surface area contributed by atoms with Crippen molar-refractivity contribution >= 4 is 11.7 Å². The van der Waals surface area contributed by atoms with Crippen molar-refractivity contribution in [2.24, 2.45) is 5.92 Å². The van der Waals surface area contributed by atoms with E-state index < -0.39 is 0 Å². The summed E-state index contributed by atoms with van der Waals surface area (Å²) in [5, 5.41) is 3.29. The highest BCUT2D eigenvalue weighted by molar-refractivity contribution is 5.73. The lowest BCUT2D eigenvalue weighted by Gasteiger charge is -2.16. The maximum absolute atomic E-state index is 11.8. The fourth-order valence-electron chi connectivity index (χ4n) is 1.81. The molecule has 0 fully saturated rings. The fourth-order valence-corrected chi connectivity index (χ4v) is 1.81. The first-order valence-electron chi connectivity index (χ1n) is 6.73. The number of ether oxygens (including phenoxy) is 1. The van der Waals surface area contributed by atoms with E-state index in [1.807, 2.05) is 37.3 Å². The normalized spacial score (nSPS) is 11.9. The Balaban J connectivity index is 2.47. The zero-order chi connectivity index (χ0) is 13.2. The number of carbonyl (C=O) groups is 1. The molecule has 0 aromatic heterocycles. The van der Waals surface area contributed by atoms with Crippen LogP contribution < -0.4 is 5.32 Å². The Morgan fingerprint density at radius 1 is 1.28 bits per heavy atom. The second-order valence-corrected chi connectivity index (χ2v) is 4.34. The van der Waals surface area contributed by atoms with Gasteiger partial charge in [-0.25, -0.2) is 0 Å². The molecule has 0 amide bonds. The molecule has 3 nitrogen and oxygen atoms in total. The van der Waals surface area contributed by atoms with Crippen molar-refractivity contribution < 1.29 is 9.53 Å². The highest BCUT2D eigenvalue weighted by Crippen LogP contribution is 2.13. The van der Waals surface area contributed by atoms with Crippen LogP contribution in [-0.2, 0) is 9.53 Å². The van der Waals surface area contributed by atoms with Crippen molar-refractivity contribution in [2.45, 2.75) is 33.1 Å². The Bertz CT molecular complexity index is 338. The zero-order valence-electron chi connectivity index (χ0n) is 11.3. The molecule has 100 valence electrons. The van der Waals surface area contributed by atoms with Crippen LogP contribution >= 0.6 is 0 Å². The maximum Gasteiger partial charge on any atom is 0.310 e. The third kappa shape index (κ3) is 5.21. The number of benzene rings is 1. The minimum absolute atomic E-state index is 0.0508.